The number of hydrogen-bond donors (Lipinski definition) is 0. The number of likely N-dealkylation sites (N-methyl/N-ethyl adjacent to an activating group) is 1. The van der Waals surface area contributed by atoms with Crippen LogP contribution in [0.5, 0.6) is 0 Å². The van der Waals surface area contributed by atoms with Crippen LogP contribution in [0.3, 0.4) is 0 Å². The molecule has 0 saturated heterocycles. The van der Waals surface area contributed by atoms with E-state index in [1.54, 1.807) is 6.92 Å². The molecule has 1 rings (SSSR count). The molecule has 0 aliphatic rings. The van der Waals surface area contributed by atoms with Crippen LogP contribution in [0.15, 0.2) is 18.2 Å². The minimum Gasteiger partial charge on any atom is -0.466 e. The molecule has 1 aromatic rings. The van der Waals surface area contributed by atoms with Crippen LogP contribution in [-0.2, 0) is 14.3 Å². The van der Waals surface area contributed by atoms with E-state index in [1.807, 2.05) is 37.9 Å². The number of nitrogens with zero attached hydrogens (tertiary/aromatic N) is 1. The lowest BCUT2D eigenvalue weighted by molar-refractivity contribution is -0.144. The van der Waals surface area contributed by atoms with Crippen molar-refractivity contribution in [3.63, 3.8) is 0 Å². The fourth-order valence-corrected chi connectivity index (χ4v) is 2.08. The maximum absolute atomic E-state index is 11.9. The summed E-state index contributed by atoms with van der Waals surface area (Å²) in [6.07, 6.45) is 0.390. The maximum atomic E-state index is 11.9. The van der Waals surface area contributed by atoms with E-state index in [1.165, 1.54) is 11.1 Å². The van der Waals surface area contributed by atoms with Crippen molar-refractivity contribution >= 4 is 17.4 Å². The van der Waals surface area contributed by atoms with Crippen molar-refractivity contribution in [3.05, 3.63) is 29.3 Å². The van der Waals surface area contributed by atoms with Gasteiger partial charge in [-0.05, 0) is 44.0 Å². The van der Waals surface area contributed by atoms with Crippen molar-refractivity contribution < 1.29 is 14.3 Å². The summed E-state index contributed by atoms with van der Waals surface area (Å²) in [5, 5.41) is 0. The lowest BCUT2D eigenvalue weighted by Gasteiger charge is -2.19. The Kier molecular flexibility index (Phi) is 6.22. The predicted octanol–water partition coefficient (Wildman–Crippen LogP) is 2.65. The summed E-state index contributed by atoms with van der Waals surface area (Å²) in [4.78, 5) is 25.0. The normalized spacial score (nSPS) is 10.2. The highest BCUT2D eigenvalue weighted by Gasteiger charge is 2.11. The third-order valence-corrected chi connectivity index (χ3v) is 2.97. The fraction of sp³-hybridized carbons (Fsp3) is 0.500. The minimum absolute atomic E-state index is 0.0414. The van der Waals surface area contributed by atoms with E-state index in [9.17, 15) is 9.59 Å². The molecule has 0 aromatic heterocycles. The second-order valence-electron chi connectivity index (χ2n) is 5.05. The maximum Gasteiger partial charge on any atom is 0.306 e. The summed E-state index contributed by atoms with van der Waals surface area (Å²) in [7, 11) is 1.89. The summed E-state index contributed by atoms with van der Waals surface area (Å²) < 4.78 is 4.81. The zero-order valence-corrected chi connectivity index (χ0v) is 12.7. The Morgan fingerprint density at radius 1 is 1.10 bits per heavy atom. The number of benzene rings is 1. The van der Waals surface area contributed by atoms with E-state index in [0.29, 0.717) is 13.2 Å². The second kappa shape index (κ2) is 7.68. The Labute approximate surface area is 120 Å². The number of rotatable bonds is 7. The highest BCUT2D eigenvalue weighted by molar-refractivity contribution is 5.86. The van der Waals surface area contributed by atoms with Crippen molar-refractivity contribution in [3.8, 4) is 0 Å². The van der Waals surface area contributed by atoms with Gasteiger partial charge in [-0.15, -0.1) is 0 Å². The standard InChI is InChI=1S/C16H23NO3/c1-5-20-16(19)7-6-15(18)11-17(4)14-9-12(2)8-13(3)10-14/h8-10H,5-7,11H2,1-4H3. The number of Topliss-reactive ketones (excluding diaryl/α,β-unsaturated/α-hetero) is 1. The number of aryl methyl sites for hydroxylation is 2. The molecule has 1 aromatic carbocycles. The first-order valence-electron chi connectivity index (χ1n) is 6.89. The Hall–Kier alpha value is -1.84. The first kappa shape index (κ1) is 16.2. The van der Waals surface area contributed by atoms with Crippen molar-refractivity contribution in [2.45, 2.75) is 33.6 Å². The number of hydrogen-bond acceptors (Lipinski definition) is 4. The fourth-order valence-electron chi connectivity index (χ4n) is 2.08. The van der Waals surface area contributed by atoms with Crippen molar-refractivity contribution in [2.24, 2.45) is 0 Å². The molecule has 0 radical (unpaired) electrons. The van der Waals surface area contributed by atoms with E-state index >= 15 is 0 Å². The van der Waals surface area contributed by atoms with E-state index in [-0.39, 0.29) is 24.6 Å². The monoisotopic (exact) mass is 277 g/mol. The molecular weight excluding hydrogens is 254 g/mol. The lowest BCUT2D eigenvalue weighted by atomic mass is 10.1. The largest absolute Gasteiger partial charge is 0.466 e. The molecule has 0 amide bonds. The molecular formula is C16H23NO3. The predicted molar refractivity (Wildman–Crippen MR) is 80.1 cm³/mol. The smallest absolute Gasteiger partial charge is 0.306 e. The summed E-state index contributed by atoms with van der Waals surface area (Å²) in [6, 6.07) is 6.19. The number of ether oxygens (including phenoxy) is 1. The molecule has 4 nitrogen and oxygen atoms in total. The molecule has 0 heterocycles. The van der Waals surface area contributed by atoms with Gasteiger partial charge in [-0.1, -0.05) is 6.07 Å². The lowest BCUT2D eigenvalue weighted by Crippen LogP contribution is -2.26. The molecule has 0 aliphatic carbocycles. The Morgan fingerprint density at radius 3 is 2.25 bits per heavy atom. The summed E-state index contributed by atoms with van der Waals surface area (Å²) in [5.41, 5.74) is 3.36. The highest BCUT2D eigenvalue weighted by atomic mass is 16.5. The molecule has 0 saturated carbocycles. The number of anilines is 1. The van der Waals surface area contributed by atoms with Gasteiger partial charge in [0, 0.05) is 19.2 Å². The van der Waals surface area contributed by atoms with Crippen LogP contribution < -0.4 is 4.90 Å². The van der Waals surface area contributed by atoms with Crippen molar-refractivity contribution in [1.29, 1.82) is 0 Å². The molecule has 0 fully saturated rings. The van der Waals surface area contributed by atoms with Gasteiger partial charge in [-0.25, -0.2) is 0 Å². The quantitative estimate of drug-likeness (QED) is 0.719. The topological polar surface area (TPSA) is 46.6 Å². The first-order chi connectivity index (χ1) is 9.42. The number of ketones is 1. The average molecular weight is 277 g/mol. The first-order valence-corrected chi connectivity index (χ1v) is 6.89. The molecule has 0 atom stereocenters. The van der Waals surface area contributed by atoms with Gasteiger partial charge in [0.1, 0.15) is 0 Å². The van der Waals surface area contributed by atoms with E-state index in [2.05, 4.69) is 6.07 Å². The van der Waals surface area contributed by atoms with Crippen LogP contribution in [0.1, 0.15) is 30.9 Å². The van der Waals surface area contributed by atoms with Crippen molar-refractivity contribution in [1.82, 2.24) is 0 Å². The Balaban J connectivity index is 2.50. The third-order valence-electron chi connectivity index (χ3n) is 2.97. The number of carbonyl (C=O) groups is 2. The minimum atomic E-state index is -0.310. The Morgan fingerprint density at radius 2 is 1.70 bits per heavy atom. The molecule has 20 heavy (non-hydrogen) atoms. The Bertz CT molecular complexity index is 462. The SMILES string of the molecule is CCOC(=O)CCC(=O)CN(C)c1cc(C)cc(C)c1. The number of carbonyl (C=O) groups excluding carboxylic acids is 2. The van der Waals surface area contributed by atoms with Gasteiger partial charge < -0.3 is 9.64 Å². The molecule has 0 bridgehead atoms. The number of esters is 1. The van der Waals surface area contributed by atoms with Crippen LogP contribution in [-0.4, -0.2) is 32.0 Å². The second-order valence-corrected chi connectivity index (χ2v) is 5.05. The highest BCUT2D eigenvalue weighted by Crippen LogP contribution is 2.17. The molecule has 110 valence electrons. The third kappa shape index (κ3) is 5.43. The zero-order chi connectivity index (χ0) is 15.1. The molecule has 0 unspecified atom stereocenters. The van der Waals surface area contributed by atoms with E-state index in [4.69, 9.17) is 4.74 Å². The van der Waals surface area contributed by atoms with Gasteiger partial charge in [0.25, 0.3) is 0 Å². The van der Waals surface area contributed by atoms with Gasteiger partial charge in [0.2, 0.25) is 0 Å². The van der Waals surface area contributed by atoms with Crippen LogP contribution >= 0.6 is 0 Å². The summed E-state index contributed by atoms with van der Waals surface area (Å²) >= 11 is 0. The van der Waals surface area contributed by atoms with Crippen LogP contribution in [0.4, 0.5) is 5.69 Å². The average Bonchev–Trinajstić information content (AvgIpc) is 2.35. The van der Waals surface area contributed by atoms with Gasteiger partial charge in [-0.2, -0.15) is 0 Å². The molecule has 0 spiro atoms. The molecule has 4 heteroatoms. The van der Waals surface area contributed by atoms with Crippen LogP contribution in [0.2, 0.25) is 0 Å². The molecule has 0 aliphatic heterocycles. The summed E-state index contributed by atoms with van der Waals surface area (Å²) in [5.74, 6) is -0.269. The van der Waals surface area contributed by atoms with E-state index < -0.39 is 0 Å². The van der Waals surface area contributed by atoms with E-state index in [0.717, 1.165) is 5.69 Å². The molecule has 0 N–H and O–H groups in total. The van der Waals surface area contributed by atoms with Gasteiger partial charge in [-0.3, -0.25) is 9.59 Å². The van der Waals surface area contributed by atoms with Crippen LogP contribution in [0.25, 0.3) is 0 Å². The zero-order valence-electron chi connectivity index (χ0n) is 12.7. The van der Waals surface area contributed by atoms with Crippen LogP contribution in [0, 0.1) is 13.8 Å². The van der Waals surface area contributed by atoms with Crippen molar-refractivity contribution in [2.75, 3.05) is 25.1 Å². The van der Waals surface area contributed by atoms with Gasteiger partial charge >= 0.3 is 5.97 Å². The summed E-state index contributed by atoms with van der Waals surface area (Å²) in [6.45, 7) is 6.49. The van der Waals surface area contributed by atoms with Gasteiger partial charge in [0.05, 0.1) is 19.6 Å². The van der Waals surface area contributed by atoms with Gasteiger partial charge in [0.15, 0.2) is 5.78 Å².